The van der Waals surface area contributed by atoms with Crippen LogP contribution in [0.5, 0.6) is 0 Å². The average Bonchev–Trinajstić information content (AvgIpc) is 0.748. The Morgan fingerprint density at radius 1 is 0.313 bits per heavy atom. The number of hydrogen-bond acceptors (Lipinski definition) is 55. The first kappa shape index (κ1) is 111. The molecule has 11 aliphatic rings. The van der Waals surface area contributed by atoms with E-state index in [-0.39, 0.29) is 0 Å². The van der Waals surface area contributed by atoms with Crippen molar-refractivity contribution in [3.8, 4) is 0 Å². The van der Waals surface area contributed by atoms with Crippen LogP contribution in [0.3, 0.4) is 0 Å². The first-order chi connectivity index (χ1) is 63.2. The third kappa shape index (κ3) is 23.0. The number of rotatable bonds is 37. The van der Waals surface area contributed by atoms with Crippen LogP contribution < -0.4 is 11.5 Å². The number of carbonyl (C=O) groups is 2. The van der Waals surface area contributed by atoms with Crippen molar-refractivity contribution in [3.63, 3.8) is 0 Å². The van der Waals surface area contributed by atoms with Crippen LogP contribution in [0.1, 0.15) is 47.5 Å². The van der Waals surface area contributed by atoms with Gasteiger partial charge in [-0.05, 0) is 6.92 Å². The first-order valence-electron chi connectivity index (χ1n) is 43.7. The third-order valence-electron chi connectivity index (χ3n) is 26.8. The van der Waals surface area contributed by atoms with E-state index in [0.29, 0.717) is 0 Å². The van der Waals surface area contributed by atoms with Crippen LogP contribution in [0.2, 0.25) is 0 Å². The second-order valence-electron chi connectivity index (χ2n) is 35.7. The maximum atomic E-state index is 13.1. The lowest BCUT2D eigenvalue weighted by Gasteiger charge is -2.51. The summed E-state index contributed by atoms with van der Waals surface area (Å²) in [6, 6.07) is -3.25. The van der Waals surface area contributed by atoms with Gasteiger partial charge in [-0.3, -0.25) is 0 Å². The molecule has 20 unspecified atom stereocenters. The molecule has 0 amide bonds. The van der Waals surface area contributed by atoms with E-state index in [1.807, 2.05) is 0 Å². The molecular formula is C77H132N2O55. The number of aliphatic hydroxyl groups is 30. The van der Waals surface area contributed by atoms with Crippen molar-refractivity contribution in [3.05, 3.63) is 0 Å². The van der Waals surface area contributed by atoms with Gasteiger partial charge in [0.15, 0.2) is 50.3 Å². The van der Waals surface area contributed by atoms with Gasteiger partial charge in [0.05, 0.1) is 127 Å². The fraction of sp³-hybridized carbons (Fsp3) is 0.974. The van der Waals surface area contributed by atoms with Gasteiger partial charge in [-0.25, -0.2) is 9.59 Å². The highest BCUT2D eigenvalue weighted by molar-refractivity contribution is 5.76. The van der Waals surface area contributed by atoms with Crippen LogP contribution in [0, 0.1) is 23.7 Å². The van der Waals surface area contributed by atoms with E-state index in [1.165, 1.54) is 20.8 Å². The lowest BCUT2D eigenvalue weighted by Crippen LogP contribution is -2.70. The van der Waals surface area contributed by atoms with Crippen LogP contribution in [-0.2, 0) is 109 Å². The van der Waals surface area contributed by atoms with Gasteiger partial charge in [-0.1, -0.05) is 27.7 Å². The van der Waals surface area contributed by atoms with Crippen LogP contribution in [-0.4, -0.2) is 572 Å². The number of carboxylic acid groups (broad SMARTS) is 2. The zero-order valence-corrected chi connectivity index (χ0v) is 72.8. The number of nitrogens with two attached hydrogens (primary N) is 2. The molecular weight excluding hydrogens is 1830 g/mol. The smallest absolute Gasteiger partial charge is 0.364 e. The normalized spacial score (nSPS) is 50.9. The fourth-order valence-electron chi connectivity index (χ4n) is 18.1. The Balaban J connectivity index is 0.839. The number of carboxylic acids is 2. The Hall–Kier alpha value is -3.18. The molecule has 11 fully saturated rings. The molecule has 0 bridgehead atoms. The Bertz CT molecular complexity index is 3610. The molecule has 0 spiro atoms. The number of aliphatic hydroxyl groups excluding tert-OH is 30. The van der Waals surface area contributed by atoms with Gasteiger partial charge in [0, 0.05) is 36.5 Å². The molecule has 0 aromatic carbocycles. The van der Waals surface area contributed by atoms with Crippen molar-refractivity contribution in [2.75, 3.05) is 72.7 Å². The molecule has 57 heteroatoms. The summed E-state index contributed by atoms with van der Waals surface area (Å²) in [6.45, 7) is -4.79. The Kier molecular flexibility index (Phi) is 39.1. The Labute approximate surface area is 761 Å². The number of hydrogen-bond donors (Lipinski definition) is 34. The van der Waals surface area contributed by atoms with Crippen molar-refractivity contribution >= 4 is 11.9 Å². The molecule has 57 nitrogen and oxygen atoms in total. The molecule has 36 N–H and O–H groups in total. The van der Waals surface area contributed by atoms with Crippen molar-refractivity contribution in [2.45, 2.75) is 372 Å². The lowest BCUT2D eigenvalue weighted by molar-refractivity contribution is -0.403. The Morgan fingerprint density at radius 3 is 1.04 bits per heavy atom. The SMILES string of the molecule is CC1C(O)[C@H](O[C@@H]2OC(CO)[C@H](O)C(O[C@]3(C(=O)O)C[C@@H](O)[C@@H](N)C([C@H](O)[C@H](O)CO)O3)[C@@H]2O)[C@H](CO)O[C@H]1O[C@@H]1C(O)[C@H](O)C(CO)O[C@@H]1OCC1O[C@@H](O[C@@H]2C(CO)O[C@@H](O[C@@H]3C(CO)O[C@@H](C)[C@@H](C)C3O)[C@@H](C)C2O)[C@H](O)C(O[C@H]2O[C@H](CO)[C@@H](O)C(O)C2O[C@@H]2OC(CO)[C@@H](O[C@@H]3OC(CO[C@]4(C(=O)O)C[C@@H](O)[C@@H](N)C([C@H](O)[C@H](O)CO)O4)[C@H](O)C(O)[C@@H]3O)C(O)[C@@H]2C)[C@@H]1O. The summed E-state index contributed by atoms with van der Waals surface area (Å²) >= 11 is 0. The van der Waals surface area contributed by atoms with Crippen molar-refractivity contribution < 1.29 is 272 Å². The van der Waals surface area contributed by atoms with Gasteiger partial charge in [0.25, 0.3) is 11.6 Å². The molecule has 134 heavy (non-hydrogen) atoms. The molecule has 11 rings (SSSR count). The number of ether oxygens (including phenoxy) is 21. The van der Waals surface area contributed by atoms with Gasteiger partial charge < -0.3 is 274 Å². The molecule has 57 atom stereocenters. The van der Waals surface area contributed by atoms with E-state index >= 15 is 0 Å². The van der Waals surface area contributed by atoms with E-state index in [1.54, 1.807) is 13.8 Å². The van der Waals surface area contributed by atoms with Gasteiger partial charge in [-0.2, -0.15) is 0 Å². The maximum absolute atomic E-state index is 13.1. The summed E-state index contributed by atoms with van der Waals surface area (Å²) in [5, 5.41) is 355. The van der Waals surface area contributed by atoms with Crippen LogP contribution in [0.4, 0.5) is 0 Å². The highest BCUT2D eigenvalue weighted by Crippen LogP contribution is 2.45. The van der Waals surface area contributed by atoms with E-state index in [4.69, 9.17) is 111 Å². The summed E-state index contributed by atoms with van der Waals surface area (Å²) in [6.07, 6.45) is -99.7. The van der Waals surface area contributed by atoms with Crippen molar-refractivity contribution in [2.24, 2.45) is 35.1 Å². The fourth-order valence-corrected chi connectivity index (χ4v) is 18.1. The summed E-state index contributed by atoms with van der Waals surface area (Å²) in [7, 11) is 0. The van der Waals surface area contributed by atoms with Crippen molar-refractivity contribution in [1.82, 2.24) is 0 Å². The monoisotopic (exact) mass is 1960 g/mol. The largest absolute Gasteiger partial charge is 0.477 e. The molecule has 11 saturated heterocycles. The van der Waals surface area contributed by atoms with Gasteiger partial charge in [0.1, 0.15) is 208 Å². The molecule has 0 aliphatic carbocycles. The molecule has 0 aromatic heterocycles. The zero-order chi connectivity index (χ0) is 99.0. The quantitative estimate of drug-likeness (QED) is 0.0275. The molecule has 780 valence electrons. The summed E-state index contributed by atoms with van der Waals surface area (Å²) < 4.78 is 126. The highest BCUT2D eigenvalue weighted by atomic mass is 16.8. The van der Waals surface area contributed by atoms with E-state index in [0.717, 1.165) is 0 Å². The topological polar surface area (TPSA) is 927 Å². The molecule has 11 heterocycles. The minimum absolute atomic E-state index is 0.586. The minimum Gasteiger partial charge on any atom is -0.477 e. The summed E-state index contributed by atoms with van der Waals surface area (Å²) in [5.74, 6) is -15.0. The second kappa shape index (κ2) is 47.1. The number of aliphatic carboxylic acids is 2. The third-order valence-corrected chi connectivity index (χ3v) is 26.8. The average molecular weight is 1970 g/mol. The van der Waals surface area contributed by atoms with Gasteiger partial charge >= 0.3 is 11.9 Å². The molecule has 0 aromatic rings. The lowest BCUT2D eigenvalue weighted by atomic mass is 9.88. The van der Waals surface area contributed by atoms with Gasteiger partial charge in [-0.15, -0.1) is 0 Å². The van der Waals surface area contributed by atoms with Gasteiger partial charge in [0.2, 0.25) is 0 Å². The predicted octanol–water partition coefficient (Wildman–Crippen LogP) is -20.5. The van der Waals surface area contributed by atoms with E-state index < -0.39 is 445 Å². The van der Waals surface area contributed by atoms with Crippen molar-refractivity contribution in [1.29, 1.82) is 0 Å². The second-order valence-corrected chi connectivity index (χ2v) is 35.7. The standard InChI is InChI=1S/C77H132N2O55/c1-19-23(5)116-31(13-85)56(39(19)93)125-66-20(2)40(94)58(33(15-87)120-66)127-70-54(108)62(129-73-65(52(106)46(100)29(11-83)119-73)131-68-22(4)41(95)57(32(14-86)122-68)126-69-53(107)50(104)47(101)36(124-69)18-115-76(74(110)111)6-24(89)37(78)60(132-76)43(97)26(91)8-80)49(103)35(123-70)17-114-72-64(51(105)45(99)28(10-82)118-72)130-67-21(3)42(96)59(34(16-88)121-67)128-71-55(109)63(48(102)30(12-84)117-71)134-77(75(112)113)7-25(90)38(79)61(133-77)44(98)27(92)9-81/h19-73,80-109H,6-18,78-79H2,1-5H3,(H,110,111)(H,112,113)/t19-,20+,21?,22+,23+,24-,25-,26-,27-,28?,29-,30?,31?,32?,33?,34+,35?,36?,37-,38-,39?,40?,41?,42?,43-,44-,45-,46-,47+,48+,49-,50?,51?,52?,53+,54-,55+,56-,57-,58-,59-,60?,61?,62?,63?,64-,65?,66+,67+,68+,69+,70+,71+,72+,73-,76-,77+/m1/s1. The molecule has 0 saturated carbocycles. The zero-order valence-electron chi connectivity index (χ0n) is 72.8. The molecule has 0 radical (unpaired) electrons. The Morgan fingerprint density at radius 2 is 0.619 bits per heavy atom. The highest BCUT2D eigenvalue weighted by Gasteiger charge is 2.64. The summed E-state index contributed by atoms with van der Waals surface area (Å²) in [5.41, 5.74) is 12.0. The van der Waals surface area contributed by atoms with E-state index in [9.17, 15) is 173 Å². The summed E-state index contributed by atoms with van der Waals surface area (Å²) in [4.78, 5) is 25.9. The van der Waals surface area contributed by atoms with Crippen LogP contribution >= 0.6 is 0 Å². The first-order valence-corrected chi connectivity index (χ1v) is 43.7. The predicted molar refractivity (Wildman–Crippen MR) is 417 cm³/mol. The van der Waals surface area contributed by atoms with Crippen LogP contribution in [0.25, 0.3) is 0 Å². The molecule has 11 aliphatic heterocycles. The van der Waals surface area contributed by atoms with Crippen LogP contribution in [0.15, 0.2) is 0 Å². The van der Waals surface area contributed by atoms with E-state index in [2.05, 4.69) is 0 Å². The minimum atomic E-state index is -3.17. The maximum Gasteiger partial charge on any atom is 0.364 e.